The van der Waals surface area contributed by atoms with Gasteiger partial charge in [0, 0.05) is 48.1 Å². The normalized spacial score (nSPS) is 10.6. The summed E-state index contributed by atoms with van der Waals surface area (Å²) in [7, 11) is 0. The van der Waals surface area contributed by atoms with E-state index in [9.17, 15) is 14.7 Å². The number of carboxylic acid groups (broad SMARTS) is 3. The van der Waals surface area contributed by atoms with Gasteiger partial charge in [-0.25, -0.2) is 4.79 Å². The van der Waals surface area contributed by atoms with E-state index in [1.54, 1.807) is 22.8 Å². The first-order valence-electron chi connectivity index (χ1n) is 12.9. The van der Waals surface area contributed by atoms with Gasteiger partial charge in [-0.2, -0.15) is 0 Å². The minimum absolute atomic E-state index is 0.0469. The van der Waals surface area contributed by atoms with Gasteiger partial charge in [-0.1, -0.05) is 50.2 Å². The molecule has 222 valence electrons. The number of nitrogen functional groups attached to an aromatic ring is 1. The summed E-state index contributed by atoms with van der Waals surface area (Å²) in [6, 6.07) is 14.8. The molecule has 1 aromatic heterocycles. The first-order chi connectivity index (χ1) is 18.9. The maximum absolute atomic E-state index is 13.7. The van der Waals surface area contributed by atoms with Gasteiger partial charge in [0.15, 0.2) is 0 Å². The van der Waals surface area contributed by atoms with Gasteiger partial charge in [-0.15, -0.1) is 0 Å². The minimum atomic E-state index is -1.05. The Balaban J connectivity index is 0.000000930. The Kier molecular flexibility index (Phi) is 12.3. The highest BCUT2D eigenvalue weighted by atomic mass is 16.4. The van der Waals surface area contributed by atoms with Crippen molar-refractivity contribution < 1.29 is 29.7 Å². The zero-order valence-corrected chi connectivity index (χ0v) is 24.6. The summed E-state index contributed by atoms with van der Waals surface area (Å²) in [5.41, 5.74) is 7.70. The molecular formula is C30H40N4O7. The average molecular weight is 569 g/mol. The van der Waals surface area contributed by atoms with E-state index in [1.165, 1.54) is 4.90 Å². The number of nitrogens with two attached hydrogens (primary N) is 1. The zero-order valence-electron chi connectivity index (χ0n) is 24.6. The summed E-state index contributed by atoms with van der Waals surface area (Å²) < 4.78 is 1.71. The van der Waals surface area contributed by atoms with Crippen molar-refractivity contribution in [2.75, 3.05) is 0 Å². The molecule has 3 aromatic rings. The lowest BCUT2D eigenvalue weighted by Crippen LogP contribution is -2.45. The zero-order chi connectivity index (χ0) is 31.7. The molecule has 0 radical (unpaired) electrons. The van der Waals surface area contributed by atoms with Gasteiger partial charge in [0.05, 0.1) is 6.54 Å². The Hall–Kier alpha value is -4.67. The van der Waals surface area contributed by atoms with Gasteiger partial charge < -0.3 is 25.6 Å². The van der Waals surface area contributed by atoms with Crippen LogP contribution in [0, 0.1) is 11.3 Å². The molecule has 0 bridgehead atoms. The van der Waals surface area contributed by atoms with Crippen molar-refractivity contribution in [1.82, 2.24) is 9.47 Å². The molecule has 2 aromatic carbocycles. The Morgan fingerprint density at radius 1 is 0.951 bits per heavy atom. The van der Waals surface area contributed by atoms with E-state index in [0.29, 0.717) is 28.6 Å². The van der Waals surface area contributed by atoms with Crippen LogP contribution in [0.15, 0.2) is 53.3 Å². The van der Waals surface area contributed by atoms with Crippen LogP contribution in [0.2, 0.25) is 0 Å². The number of rotatable bonds is 6. The predicted octanol–water partition coefficient (Wildman–Crippen LogP) is 5.07. The van der Waals surface area contributed by atoms with Crippen LogP contribution in [0.25, 0.3) is 21.9 Å². The molecule has 6 N–H and O–H groups in total. The van der Waals surface area contributed by atoms with E-state index >= 15 is 0 Å². The quantitative estimate of drug-likeness (QED) is 0.201. The highest BCUT2D eigenvalue weighted by Gasteiger charge is 2.30. The van der Waals surface area contributed by atoms with Crippen LogP contribution in [0.3, 0.4) is 0 Å². The first-order valence-corrected chi connectivity index (χ1v) is 12.9. The molecule has 41 heavy (non-hydrogen) atoms. The average Bonchev–Trinajstić information content (AvgIpc) is 2.83. The van der Waals surface area contributed by atoms with Crippen LogP contribution in [0.4, 0.5) is 4.79 Å². The van der Waals surface area contributed by atoms with Crippen molar-refractivity contribution in [1.29, 1.82) is 5.41 Å². The summed E-state index contributed by atoms with van der Waals surface area (Å²) in [6.45, 7) is 12.2. The molecule has 1 amide bonds. The Morgan fingerprint density at radius 3 is 1.88 bits per heavy atom. The minimum Gasteiger partial charge on any atom is -0.481 e. The smallest absolute Gasteiger partial charge is 0.408 e. The van der Waals surface area contributed by atoms with Crippen LogP contribution in [0.5, 0.6) is 0 Å². The molecule has 11 heteroatoms. The second-order valence-corrected chi connectivity index (χ2v) is 10.7. The number of amidine groups is 1. The number of benzene rings is 2. The Morgan fingerprint density at radius 2 is 1.46 bits per heavy atom. The summed E-state index contributed by atoms with van der Waals surface area (Å²) in [5, 5.41) is 33.9. The summed E-state index contributed by atoms with van der Waals surface area (Å²) >= 11 is 0. The van der Waals surface area contributed by atoms with Crippen LogP contribution in [-0.2, 0) is 22.7 Å². The van der Waals surface area contributed by atoms with Crippen LogP contribution >= 0.6 is 0 Å². The largest absolute Gasteiger partial charge is 0.481 e. The lowest BCUT2D eigenvalue weighted by Gasteiger charge is -2.35. The van der Waals surface area contributed by atoms with Gasteiger partial charge in [-0.3, -0.25) is 24.7 Å². The highest BCUT2D eigenvalue weighted by molar-refractivity contribution is 6.04. The van der Waals surface area contributed by atoms with Gasteiger partial charge in [0.1, 0.15) is 5.84 Å². The molecule has 1 heterocycles. The molecule has 0 aliphatic carbocycles. The maximum Gasteiger partial charge on any atom is 0.408 e. The third kappa shape index (κ3) is 10.1. The van der Waals surface area contributed by atoms with Gasteiger partial charge in [0.2, 0.25) is 0 Å². The van der Waals surface area contributed by atoms with E-state index < -0.39 is 23.6 Å². The molecule has 0 saturated carbocycles. The molecule has 3 rings (SSSR count). The number of pyridine rings is 1. The number of nitrogens with one attached hydrogen (secondary N) is 1. The third-order valence-electron chi connectivity index (χ3n) is 5.65. The summed E-state index contributed by atoms with van der Waals surface area (Å²) in [6.07, 6.45) is -1.05. The standard InChI is InChI=1S/C26H32N4O3.2C2H4O2/c1-16(2)14-29-21(15-30(25(32)33)26(3,4)5)22(17-9-7-6-8-10-17)20-13-18(23(27)28)11-12-19(20)24(29)31;2*1-2(3)4/h6-13,16H,14-15H2,1-5H3,(H3,27,28)(H,32,33);2*1H3,(H,3,4). The molecule has 11 nitrogen and oxygen atoms in total. The Bertz CT molecular complexity index is 1440. The number of hydrogen-bond donors (Lipinski definition) is 5. The molecule has 0 atom stereocenters. The molecule has 0 unspecified atom stereocenters. The SMILES string of the molecule is CC(=O)O.CC(=O)O.CC(C)Cn1c(CN(C(=O)O)C(C)(C)C)c(-c2ccccc2)c2cc(C(=N)N)ccc2c1=O. The van der Waals surface area contributed by atoms with Crippen LogP contribution < -0.4 is 11.3 Å². The number of fused-ring (bicyclic) bond motifs is 1. The fraction of sp³-hybridized carbons (Fsp3) is 0.367. The number of hydrogen-bond acceptors (Lipinski definition) is 5. The fourth-order valence-corrected chi connectivity index (χ4v) is 4.05. The Labute approximate surface area is 239 Å². The van der Waals surface area contributed by atoms with E-state index in [2.05, 4.69) is 0 Å². The van der Waals surface area contributed by atoms with Gasteiger partial charge >= 0.3 is 6.09 Å². The summed E-state index contributed by atoms with van der Waals surface area (Å²) in [4.78, 5) is 45.2. The lowest BCUT2D eigenvalue weighted by atomic mass is 9.94. The lowest BCUT2D eigenvalue weighted by molar-refractivity contribution is -0.135. The second-order valence-electron chi connectivity index (χ2n) is 10.7. The second kappa shape index (κ2) is 14.6. The van der Waals surface area contributed by atoms with Crippen molar-refractivity contribution in [3.8, 4) is 11.1 Å². The number of nitrogens with zero attached hydrogens (tertiary/aromatic N) is 2. The number of amides is 1. The molecular weight excluding hydrogens is 528 g/mol. The predicted molar refractivity (Wildman–Crippen MR) is 159 cm³/mol. The highest BCUT2D eigenvalue weighted by Crippen LogP contribution is 2.33. The van der Waals surface area contributed by atoms with E-state index in [0.717, 1.165) is 25.0 Å². The van der Waals surface area contributed by atoms with Crippen molar-refractivity contribution in [2.24, 2.45) is 11.7 Å². The van der Waals surface area contributed by atoms with Crippen LogP contribution in [0.1, 0.15) is 59.7 Å². The summed E-state index contributed by atoms with van der Waals surface area (Å²) in [5.74, 6) is -1.59. The maximum atomic E-state index is 13.7. The van der Waals surface area contributed by atoms with E-state index in [-0.39, 0.29) is 23.9 Å². The van der Waals surface area contributed by atoms with Gasteiger partial charge in [-0.05, 0) is 49.8 Å². The fourth-order valence-electron chi connectivity index (χ4n) is 4.05. The number of aliphatic carboxylic acids is 2. The topological polar surface area (TPSA) is 187 Å². The van der Waals surface area contributed by atoms with Crippen molar-refractivity contribution in [3.63, 3.8) is 0 Å². The van der Waals surface area contributed by atoms with Crippen molar-refractivity contribution in [2.45, 2.75) is 67.1 Å². The first kappa shape index (κ1) is 34.4. The number of carbonyl (C=O) groups is 3. The number of carboxylic acids is 2. The molecule has 0 fully saturated rings. The van der Waals surface area contributed by atoms with E-state index in [1.807, 2.05) is 65.0 Å². The molecule has 0 aliphatic rings. The molecule has 0 aliphatic heterocycles. The third-order valence-corrected chi connectivity index (χ3v) is 5.65. The van der Waals surface area contributed by atoms with E-state index in [4.69, 9.17) is 30.9 Å². The van der Waals surface area contributed by atoms with Crippen LogP contribution in [-0.4, -0.2) is 54.2 Å². The molecule has 0 saturated heterocycles. The monoisotopic (exact) mass is 568 g/mol. The van der Waals surface area contributed by atoms with Crippen molar-refractivity contribution in [3.05, 3.63) is 70.1 Å². The molecule has 0 spiro atoms. The number of aromatic nitrogens is 1. The van der Waals surface area contributed by atoms with Gasteiger partial charge in [0.25, 0.3) is 17.5 Å². The van der Waals surface area contributed by atoms with Crippen molar-refractivity contribution >= 4 is 34.6 Å².